The number of aliphatic hydroxyl groups is 3. The lowest BCUT2D eigenvalue weighted by Gasteiger charge is -2.40. The van der Waals surface area contributed by atoms with Gasteiger partial charge in [-0.25, -0.2) is 0 Å². The largest absolute Gasteiger partial charge is 0.462 e. The van der Waals surface area contributed by atoms with Crippen LogP contribution in [0.4, 0.5) is 0 Å². The molecule has 59 heavy (non-hydrogen) atoms. The Morgan fingerprint density at radius 3 is 1.56 bits per heavy atom. The van der Waals surface area contributed by atoms with Crippen LogP contribution in [-0.4, -0.2) is 96.0 Å². The molecule has 0 saturated carbocycles. The number of carbonyl (C=O) groups is 2. The topological polar surface area (TPSA) is 186 Å². The summed E-state index contributed by atoms with van der Waals surface area (Å²) in [6.45, 7) is 3.69. The maximum atomic E-state index is 12.8. The molecule has 1 heterocycles. The number of rotatable bonds is 37. The number of aliphatic hydroxyl groups excluding tert-OH is 3. The highest BCUT2D eigenvalue weighted by atomic mass is 32.2. The Hall–Kier alpha value is -2.39. The lowest BCUT2D eigenvalue weighted by atomic mass is 10.00. The molecule has 1 aliphatic heterocycles. The molecule has 1 rings (SSSR count). The molecule has 0 amide bonds. The Labute approximate surface area is 356 Å². The number of esters is 2. The molecular weight excluding hydrogens is 777 g/mol. The van der Waals surface area contributed by atoms with Crippen LogP contribution in [0.1, 0.15) is 174 Å². The molecule has 0 bridgehead atoms. The van der Waals surface area contributed by atoms with Gasteiger partial charge in [0, 0.05) is 12.8 Å². The van der Waals surface area contributed by atoms with Gasteiger partial charge in [-0.3, -0.25) is 14.1 Å². The zero-order valence-corrected chi connectivity index (χ0v) is 37.2. The predicted octanol–water partition coefficient (Wildman–Crippen LogP) is 9.17. The predicted molar refractivity (Wildman–Crippen MR) is 233 cm³/mol. The fourth-order valence-corrected chi connectivity index (χ4v) is 7.25. The average molecular weight is 857 g/mol. The van der Waals surface area contributed by atoms with Crippen molar-refractivity contribution in [1.82, 2.24) is 0 Å². The first-order chi connectivity index (χ1) is 28.5. The van der Waals surface area contributed by atoms with Crippen molar-refractivity contribution in [3.63, 3.8) is 0 Å². The summed E-state index contributed by atoms with van der Waals surface area (Å²) in [4.78, 5) is 25.4. The van der Waals surface area contributed by atoms with Gasteiger partial charge in [0.05, 0.1) is 6.61 Å². The van der Waals surface area contributed by atoms with E-state index in [1.807, 2.05) is 0 Å². The molecule has 0 aromatic carbocycles. The molecule has 0 radical (unpaired) electrons. The zero-order chi connectivity index (χ0) is 43.4. The van der Waals surface area contributed by atoms with E-state index in [0.29, 0.717) is 12.8 Å². The first-order valence-electron chi connectivity index (χ1n) is 22.7. The number of hydrogen-bond acceptors (Lipinski definition) is 11. The molecule has 0 aromatic heterocycles. The summed E-state index contributed by atoms with van der Waals surface area (Å²) >= 11 is 0. The summed E-state index contributed by atoms with van der Waals surface area (Å²) in [5.41, 5.74) is 0. The normalized spacial score (nSPS) is 20.7. The van der Waals surface area contributed by atoms with Crippen LogP contribution in [0, 0.1) is 0 Å². The quantitative estimate of drug-likeness (QED) is 0.0201. The van der Waals surface area contributed by atoms with E-state index in [1.165, 1.54) is 51.4 Å². The van der Waals surface area contributed by atoms with Crippen molar-refractivity contribution >= 4 is 22.1 Å². The first kappa shape index (κ1) is 54.6. The molecule has 12 nitrogen and oxygen atoms in total. The van der Waals surface area contributed by atoms with Crippen LogP contribution in [0.15, 0.2) is 48.6 Å². The van der Waals surface area contributed by atoms with Gasteiger partial charge in [-0.15, -0.1) is 0 Å². The second-order valence-corrected chi connectivity index (χ2v) is 17.2. The second-order valence-electron chi connectivity index (χ2n) is 15.7. The average Bonchev–Trinajstić information content (AvgIpc) is 3.20. The van der Waals surface area contributed by atoms with Gasteiger partial charge in [-0.2, -0.15) is 8.42 Å². The highest BCUT2D eigenvalue weighted by Gasteiger charge is 2.46. The van der Waals surface area contributed by atoms with Gasteiger partial charge in [0.15, 0.2) is 12.4 Å². The van der Waals surface area contributed by atoms with Gasteiger partial charge >= 0.3 is 11.9 Å². The van der Waals surface area contributed by atoms with E-state index >= 15 is 0 Å². The summed E-state index contributed by atoms with van der Waals surface area (Å²) in [5.74, 6) is -2.03. The fraction of sp³-hybridized carbons (Fsp3) is 0.783. The molecule has 6 atom stereocenters. The molecule has 0 aliphatic carbocycles. The molecule has 13 heteroatoms. The molecule has 1 aliphatic rings. The van der Waals surface area contributed by atoms with Crippen molar-refractivity contribution in [2.24, 2.45) is 0 Å². The Morgan fingerprint density at radius 2 is 1.02 bits per heavy atom. The maximum absolute atomic E-state index is 12.8. The number of carbonyl (C=O) groups excluding carboxylic acids is 2. The second kappa shape index (κ2) is 36.3. The van der Waals surface area contributed by atoms with E-state index in [9.17, 15) is 37.9 Å². The van der Waals surface area contributed by atoms with E-state index in [4.69, 9.17) is 18.9 Å². The standard InChI is InChI=1S/C46H80O12S/c1-3-5-7-9-11-13-15-17-19-20-21-23-25-27-29-31-33-35-42(48)57-39(37-56-46-45(51)44(50)43(49)40(58-46)38-59(52,53)54)36-55-41(47)34-32-30-28-26-24-22-18-16-14-12-10-8-6-4-2/h11,13,16-19,21,23,39-40,43-46,49-51H,3-10,12,14-15,20,22,24-38H2,1-2H3,(H,52,53,54)/b13-11+,18-16+,19-17+,23-21+/t39-,40-,43-,44?,45?,46+/m1/s1. The summed E-state index contributed by atoms with van der Waals surface area (Å²) in [7, 11) is -4.61. The third-order valence-electron chi connectivity index (χ3n) is 10.1. The minimum Gasteiger partial charge on any atom is -0.462 e. The molecule has 0 spiro atoms. The van der Waals surface area contributed by atoms with Crippen molar-refractivity contribution in [2.75, 3.05) is 19.0 Å². The van der Waals surface area contributed by atoms with Crippen LogP contribution in [0.3, 0.4) is 0 Å². The monoisotopic (exact) mass is 857 g/mol. The van der Waals surface area contributed by atoms with Gasteiger partial charge in [-0.05, 0) is 77.0 Å². The third-order valence-corrected chi connectivity index (χ3v) is 10.9. The van der Waals surface area contributed by atoms with E-state index in [-0.39, 0.29) is 19.4 Å². The molecule has 1 fully saturated rings. The molecule has 342 valence electrons. The molecule has 2 unspecified atom stereocenters. The SMILES string of the molecule is CCCCC/C=C/C/C=C/C/C=C/CCCCCCC(=O)O[C@H](COC(=O)CCCCCCC/C=C/CCCCCCC)CO[C@H]1O[C@H](CS(=O)(=O)O)[C@@H](O)C(O)C1O. The number of hydrogen-bond donors (Lipinski definition) is 4. The van der Waals surface area contributed by atoms with Crippen LogP contribution in [0.25, 0.3) is 0 Å². The molecule has 0 aromatic rings. The van der Waals surface area contributed by atoms with Gasteiger partial charge in [0.25, 0.3) is 10.1 Å². The molecule has 4 N–H and O–H groups in total. The lowest BCUT2D eigenvalue weighted by molar-refractivity contribution is -0.297. The summed E-state index contributed by atoms with van der Waals surface area (Å²) < 4.78 is 54.0. The van der Waals surface area contributed by atoms with Crippen LogP contribution >= 0.6 is 0 Å². The van der Waals surface area contributed by atoms with Crippen LogP contribution in [0.2, 0.25) is 0 Å². The van der Waals surface area contributed by atoms with Crippen LogP contribution in [0.5, 0.6) is 0 Å². The number of unbranched alkanes of at least 4 members (excludes halogenated alkanes) is 17. The number of allylic oxidation sites excluding steroid dienone is 8. The van der Waals surface area contributed by atoms with Crippen LogP contribution < -0.4 is 0 Å². The molecular formula is C46H80O12S. The van der Waals surface area contributed by atoms with Gasteiger partial charge < -0.3 is 34.3 Å². The van der Waals surface area contributed by atoms with Crippen molar-refractivity contribution in [3.8, 4) is 0 Å². The maximum Gasteiger partial charge on any atom is 0.306 e. The third kappa shape index (κ3) is 31.2. The highest BCUT2D eigenvalue weighted by Crippen LogP contribution is 2.24. The van der Waals surface area contributed by atoms with Crippen molar-refractivity contribution < 1.29 is 56.8 Å². The van der Waals surface area contributed by atoms with Gasteiger partial charge in [-0.1, -0.05) is 133 Å². The van der Waals surface area contributed by atoms with Crippen molar-refractivity contribution in [1.29, 1.82) is 0 Å². The summed E-state index contributed by atoms with van der Waals surface area (Å²) in [6.07, 6.45) is 32.9. The van der Waals surface area contributed by atoms with Gasteiger partial charge in [0.2, 0.25) is 0 Å². The van der Waals surface area contributed by atoms with E-state index in [2.05, 4.69) is 62.5 Å². The Morgan fingerprint density at radius 1 is 0.576 bits per heavy atom. The summed E-state index contributed by atoms with van der Waals surface area (Å²) in [5, 5.41) is 30.9. The molecule has 1 saturated heterocycles. The Kier molecular flexibility index (Phi) is 33.6. The first-order valence-corrected chi connectivity index (χ1v) is 24.3. The summed E-state index contributed by atoms with van der Waals surface area (Å²) in [6, 6.07) is 0. The minimum absolute atomic E-state index is 0.136. The number of ether oxygens (including phenoxy) is 4. The van der Waals surface area contributed by atoms with Gasteiger partial charge in [0.1, 0.15) is 36.8 Å². The smallest absolute Gasteiger partial charge is 0.306 e. The van der Waals surface area contributed by atoms with Crippen molar-refractivity contribution in [3.05, 3.63) is 48.6 Å². The Balaban J connectivity index is 2.48. The lowest BCUT2D eigenvalue weighted by Crippen LogP contribution is -2.60. The van der Waals surface area contributed by atoms with Crippen molar-refractivity contribution in [2.45, 2.75) is 211 Å². The van der Waals surface area contributed by atoms with E-state index in [0.717, 1.165) is 83.5 Å². The van der Waals surface area contributed by atoms with Crippen LogP contribution in [-0.2, 0) is 38.7 Å². The fourth-order valence-electron chi connectivity index (χ4n) is 6.56. The minimum atomic E-state index is -4.61. The van der Waals surface area contributed by atoms with E-state index in [1.54, 1.807) is 0 Å². The highest BCUT2D eigenvalue weighted by molar-refractivity contribution is 7.85. The van der Waals surface area contributed by atoms with E-state index < -0.39 is 71.2 Å². The zero-order valence-electron chi connectivity index (χ0n) is 36.3. The Bertz CT molecular complexity index is 1280.